The number of hydrogen-bond acceptors (Lipinski definition) is 8. The second kappa shape index (κ2) is 31.6. The number of benzene rings is 12. The van der Waals surface area contributed by atoms with Crippen LogP contribution in [-0.2, 0) is 40.3 Å². The molecule has 2 heterocycles. The van der Waals surface area contributed by atoms with Crippen LogP contribution >= 0.6 is 31.9 Å². The van der Waals surface area contributed by atoms with Gasteiger partial charge in [-0.25, -0.2) is 0 Å². The van der Waals surface area contributed by atoms with E-state index < -0.39 is 36.6 Å². The number of nitrogens with zero attached hydrogens (tertiary/aromatic N) is 4. The van der Waals surface area contributed by atoms with Crippen LogP contribution in [0, 0.1) is 0 Å². The Labute approximate surface area is 685 Å². The molecule has 0 unspecified atom stereocenters. The maximum atomic E-state index is 6.39. The summed E-state index contributed by atoms with van der Waals surface area (Å²) in [7, 11) is -0.836. The van der Waals surface area contributed by atoms with Crippen LogP contribution in [0.25, 0.3) is 22.3 Å². The molecule has 0 atom stereocenters. The molecular formula is C100H108B2Br2N4O4. The second-order valence-corrected chi connectivity index (χ2v) is 37.9. The van der Waals surface area contributed by atoms with Gasteiger partial charge in [0.05, 0.1) is 22.4 Å². The predicted molar refractivity (Wildman–Crippen MR) is 484 cm³/mol. The van der Waals surface area contributed by atoms with Crippen molar-refractivity contribution in [2.24, 2.45) is 0 Å². The molecule has 12 heteroatoms. The molecule has 572 valence electrons. The largest absolute Gasteiger partial charge is 0.494 e. The smallest absolute Gasteiger partial charge is 0.399 e. The summed E-state index contributed by atoms with van der Waals surface area (Å²) in [6, 6.07) is 105. The van der Waals surface area contributed by atoms with E-state index in [9.17, 15) is 0 Å². The van der Waals surface area contributed by atoms with E-state index in [0.29, 0.717) is 0 Å². The summed E-state index contributed by atoms with van der Waals surface area (Å²) in [4.78, 5) is 9.25. The Kier molecular flexibility index (Phi) is 22.8. The van der Waals surface area contributed by atoms with Crippen molar-refractivity contribution in [3.8, 4) is 22.3 Å². The Balaban J connectivity index is 0.000000204. The van der Waals surface area contributed by atoms with Crippen LogP contribution in [0.2, 0.25) is 0 Å². The molecule has 0 spiro atoms. The monoisotopic (exact) mass is 1610 g/mol. The highest BCUT2D eigenvalue weighted by Gasteiger charge is 2.53. The first-order valence-corrected chi connectivity index (χ1v) is 40.8. The van der Waals surface area contributed by atoms with Gasteiger partial charge in [0.1, 0.15) is 0 Å². The van der Waals surface area contributed by atoms with Crippen molar-refractivity contribution in [3.05, 3.63) is 322 Å². The topological polar surface area (TPSA) is 49.9 Å². The van der Waals surface area contributed by atoms with Gasteiger partial charge in [0.25, 0.3) is 0 Å². The molecular weight excluding hydrogens is 1500 g/mol. The third kappa shape index (κ3) is 17.9. The van der Waals surface area contributed by atoms with Crippen LogP contribution in [0.1, 0.15) is 161 Å². The second-order valence-electron chi connectivity index (χ2n) is 36.0. The van der Waals surface area contributed by atoms with Gasteiger partial charge >= 0.3 is 14.2 Å². The van der Waals surface area contributed by atoms with Crippen LogP contribution in [0.3, 0.4) is 0 Å². The van der Waals surface area contributed by atoms with Crippen molar-refractivity contribution in [2.75, 3.05) is 19.6 Å². The lowest BCUT2D eigenvalue weighted by atomic mass is 9.79. The van der Waals surface area contributed by atoms with Crippen LogP contribution in [0.4, 0.5) is 68.2 Å². The fraction of sp³-hybridized carbons (Fsp3) is 0.280. The molecule has 0 radical (unpaired) electrons. The Morgan fingerprint density at radius 3 is 0.491 bits per heavy atom. The fourth-order valence-corrected chi connectivity index (χ4v) is 14.7. The zero-order valence-electron chi connectivity index (χ0n) is 69.0. The van der Waals surface area contributed by atoms with Gasteiger partial charge in [-0.3, -0.25) is 0 Å². The Hall–Kier alpha value is -9.23. The van der Waals surface area contributed by atoms with E-state index in [-0.39, 0.29) is 21.7 Å². The maximum Gasteiger partial charge on any atom is 0.494 e. The first-order valence-electron chi connectivity index (χ1n) is 39.3. The molecule has 0 N–H and O–H groups in total. The Morgan fingerprint density at radius 1 is 0.205 bits per heavy atom. The molecule has 2 aliphatic heterocycles. The minimum Gasteiger partial charge on any atom is -0.399 e. The van der Waals surface area contributed by atoms with Crippen molar-refractivity contribution in [2.45, 2.75) is 183 Å². The maximum absolute atomic E-state index is 6.39. The van der Waals surface area contributed by atoms with Crippen molar-refractivity contribution >= 4 is 125 Å². The van der Waals surface area contributed by atoms with Gasteiger partial charge in [0, 0.05) is 77.2 Å². The first-order chi connectivity index (χ1) is 52.8. The van der Waals surface area contributed by atoms with Crippen molar-refractivity contribution in [3.63, 3.8) is 0 Å². The zero-order valence-corrected chi connectivity index (χ0v) is 72.2. The number of hydrogen-bond donors (Lipinski definition) is 0. The van der Waals surface area contributed by atoms with Crippen LogP contribution < -0.4 is 30.5 Å². The molecule has 2 fully saturated rings. The van der Waals surface area contributed by atoms with E-state index in [1.165, 1.54) is 33.4 Å². The standard InChI is InChI=1S/C56H66B2N2O4.C44H42Br2N2/c1-51(2,3)41-19-31-47(32-20-41)59(49-35-23-43(24-36-49)57-61-53(7,8)54(9,10)62-57)45-27-15-39(16-28-45)40-17-29-46(30-18-40)60(48-33-21-42(22-34-48)52(4,5)6)50-37-25-44(26-38-50)58-63-55(11,12)56(13,14)64-58;1-43(2,3)33-11-23-39(24-12-33)47(41-27-15-35(45)16-28-41)37-19-7-31(8-20-37)32-9-21-38(22-10-32)48(42-29-17-36(46)18-30-42)40-25-13-34(14-26-40)44(4,5)6/h15-38H,1-14H3;7-30H,1-6H3. The van der Waals surface area contributed by atoms with Crippen LogP contribution in [0.15, 0.2) is 300 Å². The minimum absolute atomic E-state index is 0.0543. The summed E-state index contributed by atoms with van der Waals surface area (Å²) in [6.07, 6.45) is 0. The summed E-state index contributed by atoms with van der Waals surface area (Å²) >= 11 is 7.21. The van der Waals surface area contributed by atoms with Crippen molar-refractivity contribution in [1.29, 1.82) is 0 Å². The molecule has 112 heavy (non-hydrogen) atoms. The molecule has 12 aromatic rings. The molecule has 0 amide bonds. The van der Waals surface area contributed by atoms with Crippen molar-refractivity contribution in [1.82, 2.24) is 0 Å². The number of anilines is 12. The lowest BCUT2D eigenvalue weighted by Gasteiger charge is -2.32. The van der Waals surface area contributed by atoms with Gasteiger partial charge < -0.3 is 38.2 Å². The van der Waals surface area contributed by atoms with Crippen LogP contribution in [0.5, 0.6) is 0 Å². The lowest BCUT2D eigenvalue weighted by Crippen LogP contribution is -2.41. The highest BCUT2D eigenvalue weighted by atomic mass is 79.9. The fourth-order valence-electron chi connectivity index (χ4n) is 14.1. The molecule has 12 aromatic carbocycles. The highest BCUT2D eigenvalue weighted by molar-refractivity contribution is 9.10. The SMILES string of the molecule is CC(C)(C)c1ccc(N(c2ccc(B3OC(C)(C)C(C)(C)O3)cc2)c2ccc(-c3ccc(N(c4ccc(B5OC(C)(C)C(C)(C)O5)cc4)c4ccc(C(C)(C)C)cc4)cc3)cc2)cc1.CC(C)(C)c1ccc(N(c2ccc(Br)cc2)c2ccc(-c3ccc(N(c4ccc(Br)cc4)c4ccc(C(C)(C)C)cc4)cc3)cc2)cc1. The van der Waals surface area contributed by atoms with Gasteiger partial charge in [-0.05, 0) is 302 Å². The lowest BCUT2D eigenvalue weighted by molar-refractivity contribution is 0.00578. The van der Waals surface area contributed by atoms with Gasteiger partial charge in [-0.2, -0.15) is 0 Å². The van der Waals surface area contributed by atoms with E-state index in [0.717, 1.165) is 99.2 Å². The average Bonchev–Trinajstić information content (AvgIpc) is 1.60. The van der Waals surface area contributed by atoms with E-state index in [1.807, 2.05) is 0 Å². The predicted octanol–water partition coefficient (Wildman–Crippen LogP) is 27.9. The molecule has 0 bridgehead atoms. The normalized spacial score (nSPS) is 15.2. The summed E-state index contributed by atoms with van der Waals surface area (Å²) in [5.74, 6) is 0. The van der Waals surface area contributed by atoms with Gasteiger partial charge in [0.15, 0.2) is 0 Å². The van der Waals surface area contributed by atoms with Crippen LogP contribution in [-0.4, -0.2) is 36.6 Å². The van der Waals surface area contributed by atoms with E-state index >= 15 is 0 Å². The first kappa shape index (κ1) is 80.8. The summed E-state index contributed by atoms with van der Waals surface area (Å²) in [5, 5.41) is 0. The number of rotatable bonds is 16. The van der Waals surface area contributed by atoms with E-state index in [4.69, 9.17) is 18.6 Å². The highest BCUT2D eigenvalue weighted by Crippen LogP contribution is 2.45. The average molecular weight is 1610 g/mol. The minimum atomic E-state index is -0.418. The summed E-state index contributed by atoms with van der Waals surface area (Å²) < 4.78 is 27.7. The molecule has 8 nitrogen and oxygen atoms in total. The molecule has 0 aliphatic carbocycles. The zero-order chi connectivity index (χ0) is 80.1. The Bertz CT molecular complexity index is 4800. The third-order valence-corrected chi connectivity index (χ3v) is 23.7. The number of halogens is 2. The van der Waals surface area contributed by atoms with Gasteiger partial charge in [0.2, 0.25) is 0 Å². The summed E-state index contributed by atoms with van der Waals surface area (Å²) in [6.45, 7) is 43.8. The Morgan fingerprint density at radius 2 is 0.339 bits per heavy atom. The molecule has 14 rings (SSSR count). The molecule has 0 aromatic heterocycles. The summed E-state index contributed by atoms with van der Waals surface area (Å²) in [5.41, 5.74) is 23.7. The van der Waals surface area contributed by atoms with E-state index in [1.54, 1.807) is 0 Å². The third-order valence-electron chi connectivity index (χ3n) is 22.7. The van der Waals surface area contributed by atoms with Gasteiger partial charge in [-0.1, -0.05) is 236 Å². The van der Waals surface area contributed by atoms with E-state index in [2.05, 4.69) is 481 Å². The molecule has 0 saturated carbocycles. The van der Waals surface area contributed by atoms with Crippen molar-refractivity contribution < 1.29 is 18.6 Å². The quantitative estimate of drug-likeness (QED) is 0.0887. The van der Waals surface area contributed by atoms with Gasteiger partial charge in [-0.15, -0.1) is 0 Å². The molecule has 2 aliphatic rings. The molecule has 2 saturated heterocycles.